The molecule has 2 aromatic rings. The van der Waals surface area contributed by atoms with Gasteiger partial charge in [-0.15, -0.1) is 5.10 Å². The van der Waals surface area contributed by atoms with Gasteiger partial charge in [0.2, 0.25) is 5.16 Å². The molecule has 0 saturated heterocycles. The predicted molar refractivity (Wildman–Crippen MR) is 72.6 cm³/mol. The molecule has 1 aromatic heterocycles. The summed E-state index contributed by atoms with van der Waals surface area (Å²) in [6, 6.07) is 5.91. The topological polar surface area (TPSA) is 78.9 Å². The van der Waals surface area contributed by atoms with Gasteiger partial charge in [-0.3, -0.25) is 9.89 Å². The van der Waals surface area contributed by atoms with Crippen LogP contribution in [0.5, 0.6) is 0 Å². The molecule has 2 rings (SSSR count). The van der Waals surface area contributed by atoms with Crippen molar-refractivity contribution in [1.82, 2.24) is 15.2 Å². The van der Waals surface area contributed by atoms with E-state index in [9.17, 15) is 4.79 Å². The monoisotopic (exact) mass is 327 g/mol. The summed E-state index contributed by atoms with van der Waals surface area (Å²) in [6.45, 7) is 1.99. The molecule has 2 N–H and O–H groups in total. The lowest BCUT2D eigenvalue weighted by atomic mass is 10.1. The van der Waals surface area contributed by atoms with Crippen molar-refractivity contribution >= 4 is 33.7 Å². The van der Waals surface area contributed by atoms with Gasteiger partial charge in [-0.25, -0.2) is 4.98 Å². The maximum atomic E-state index is 10.5. The number of nitrogens with one attached hydrogen (secondary N) is 1. The molecule has 0 atom stereocenters. The van der Waals surface area contributed by atoms with E-state index in [1.807, 2.05) is 25.1 Å². The molecule has 0 fully saturated rings. The molecule has 0 amide bonds. The number of halogens is 1. The van der Waals surface area contributed by atoms with Crippen LogP contribution in [0.2, 0.25) is 0 Å². The smallest absolute Gasteiger partial charge is 0.313 e. The Balaban J connectivity index is 2.23. The fourth-order valence-electron chi connectivity index (χ4n) is 1.38. The van der Waals surface area contributed by atoms with E-state index in [1.54, 1.807) is 0 Å². The van der Waals surface area contributed by atoms with E-state index in [-0.39, 0.29) is 5.75 Å². The first-order valence-corrected chi connectivity index (χ1v) is 6.87. The fourth-order valence-corrected chi connectivity index (χ4v) is 2.33. The first-order chi connectivity index (χ1) is 8.56. The second kappa shape index (κ2) is 5.53. The standard InChI is InChI=1S/C11H10BrN3O2S/c1-6-2-3-8(12)7(4-6)10-13-11(15-14-10)18-5-9(16)17/h2-4H,5H2,1H3,(H,16,17)(H,13,14,15). The number of aromatic nitrogens is 3. The number of carboxylic acid groups (broad SMARTS) is 1. The average Bonchev–Trinajstić information content (AvgIpc) is 2.78. The van der Waals surface area contributed by atoms with Crippen molar-refractivity contribution in [2.24, 2.45) is 0 Å². The minimum Gasteiger partial charge on any atom is -0.481 e. The number of rotatable bonds is 4. The highest BCUT2D eigenvalue weighted by Crippen LogP contribution is 2.27. The van der Waals surface area contributed by atoms with Crippen LogP contribution in [-0.2, 0) is 4.79 Å². The van der Waals surface area contributed by atoms with Crippen molar-refractivity contribution in [3.8, 4) is 11.4 Å². The molecule has 0 spiro atoms. The predicted octanol–water partition coefficient (Wildman–Crippen LogP) is 2.72. The summed E-state index contributed by atoms with van der Waals surface area (Å²) in [5.74, 6) is -0.312. The van der Waals surface area contributed by atoms with Crippen molar-refractivity contribution in [2.75, 3.05) is 5.75 Å². The number of carbonyl (C=O) groups is 1. The van der Waals surface area contributed by atoms with Crippen molar-refractivity contribution in [3.63, 3.8) is 0 Å². The van der Waals surface area contributed by atoms with Crippen LogP contribution in [0.3, 0.4) is 0 Å². The second-order valence-electron chi connectivity index (χ2n) is 3.63. The lowest BCUT2D eigenvalue weighted by Gasteiger charge is -2.01. The number of aromatic amines is 1. The zero-order chi connectivity index (χ0) is 13.1. The summed E-state index contributed by atoms with van der Waals surface area (Å²) in [5, 5.41) is 15.8. The number of aliphatic carboxylic acids is 1. The number of hydrogen-bond donors (Lipinski definition) is 2. The van der Waals surface area contributed by atoms with Crippen molar-refractivity contribution in [1.29, 1.82) is 0 Å². The summed E-state index contributed by atoms with van der Waals surface area (Å²) in [4.78, 5) is 14.7. The molecule has 0 bridgehead atoms. The number of carboxylic acids is 1. The molecule has 0 aliphatic carbocycles. The molecule has 7 heteroatoms. The van der Waals surface area contributed by atoms with Gasteiger partial charge in [0.25, 0.3) is 0 Å². The third-order valence-corrected chi connectivity index (χ3v) is 3.69. The van der Waals surface area contributed by atoms with Gasteiger partial charge in [0.1, 0.15) is 0 Å². The third-order valence-electron chi connectivity index (χ3n) is 2.17. The zero-order valence-corrected chi connectivity index (χ0v) is 11.9. The van der Waals surface area contributed by atoms with Gasteiger partial charge < -0.3 is 5.11 Å². The van der Waals surface area contributed by atoms with Crippen molar-refractivity contribution in [3.05, 3.63) is 28.2 Å². The van der Waals surface area contributed by atoms with Crippen LogP contribution in [0.4, 0.5) is 0 Å². The van der Waals surface area contributed by atoms with E-state index in [1.165, 1.54) is 0 Å². The van der Waals surface area contributed by atoms with E-state index < -0.39 is 5.97 Å². The van der Waals surface area contributed by atoms with E-state index in [0.717, 1.165) is 27.4 Å². The Morgan fingerprint density at radius 3 is 3.06 bits per heavy atom. The molecular weight excluding hydrogens is 318 g/mol. The summed E-state index contributed by atoms with van der Waals surface area (Å²) >= 11 is 4.54. The number of thioether (sulfide) groups is 1. The highest BCUT2D eigenvalue weighted by atomic mass is 79.9. The molecule has 5 nitrogen and oxygen atoms in total. The summed E-state index contributed by atoms with van der Waals surface area (Å²) in [5.41, 5.74) is 2.02. The SMILES string of the molecule is Cc1ccc(Br)c(-c2nc(SCC(=O)O)n[nH]2)c1. The lowest BCUT2D eigenvalue weighted by molar-refractivity contribution is -0.133. The van der Waals surface area contributed by atoms with Crippen LogP contribution in [-0.4, -0.2) is 32.0 Å². The molecule has 0 saturated carbocycles. The molecule has 1 aromatic carbocycles. The summed E-state index contributed by atoms with van der Waals surface area (Å²) in [7, 11) is 0. The van der Waals surface area contributed by atoms with Gasteiger partial charge in [-0.2, -0.15) is 0 Å². The van der Waals surface area contributed by atoms with Crippen LogP contribution >= 0.6 is 27.7 Å². The summed E-state index contributed by atoms with van der Waals surface area (Å²) < 4.78 is 0.916. The van der Waals surface area contributed by atoms with E-state index in [0.29, 0.717) is 11.0 Å². The molecule has 0 aliphatic heterocycles. The molecule has 0 radical (unpaired) electrons. The first kappa shape index (κ1) is 13.1. The summed E-state index contributed by atoms with van der Waals surface area (Å²) in [6.07, 6.45) is 0. The Labute approximate surface area is 116 Å². The third kappa shape index (κ3) is 3.11. The second-order valence-corrected chi connectivity index (χ2v) is 5.43. The number of H-pyrrole nitrogens is 1. The Morgan fingerprint density at radius 2 is 2.33 bits per heavy atom. The van der Waals surface area contributed by atoms with E-state index >= 15 is 0 Å². The van der Waals surface area contributed by atoms with Crippen LogP contribution in [0.25, 0.3) is 11.4 Å². The number of nitrogens with zero attached hydrogens (tertiary/aromatic N) is 2. The highest BCUT2D eigenvalue weighted by Gasteiger charge is 2.10. The average molecular weight is 328 g/mol. The highest BCUT2D eigenvalue weighted by molar-refractivity contribution is 9.10. The number of aryl methyl sites for hydroxylation is 1. The number of benzene rings is 1. The van der Waals surface area contributed by atoms with Crippen LogP contribution in [0.1, 0.15) is 5.56 Å². The quantitative estimate of drug-likeness (QED) is 0.844. The van der Waals surface area contributed by atoms with E-state index in [2.05, 4.69) is 31.1 Å². The Morgan fingerprint density at radius 1 is 1.56 bits per heavy atom. The molecule has 18 heavy (non-hydrogen) atoms. The molecule has 1 heterocycles. The molecule has 94 valence electrons. The Hall–Kier alpha value is -1.34. The van der Waals surface area contributed by atoms with Gasteiger partial charge in [0.15, 0.2) is 5.82 Å². The largest absolute Gasteiger partial charge is 0.481 e. The number of hydrogen-bond acceptors (Lipinski definition) is 4. The van der Waals surface area contributed by atoms with Gasteiger partial charge in [0.05, 0.1) is 5.75 Å². The van der Waals surface area contributed by atoms with Crippen molar-refractivity contribution in [2.45, 2.75) is 12.1 Å². The van der Waals surface area contributed by atoms with Crippen LogP contribution < -0.4 is 0 Å². The van der Waals surface area contributed by atoms with Gasteiger partial charge in [-0.05, 0) is 19.1 Å². The molecular formula is C11H10BrN3O2S. The molecule has 0 aliphatic rings. The molecule has 0 unspecified atom stereocenters. The minimum absolute atomic E-state index is 0.0493. The zero-order valence-electron chi connectivity index (χ0n) is 9.48. The lowest BCUT2D eigenvalue weighted by Crippen LogP contribution is -1.97. The maximum absolute atomic E-state index is 10.5. The Kier molecular flexibility index (Phi) is 4.03. The van der Waals surface area contributed by atoms with E-state index in [4.69, 9.17) is 5.11 Å². The van der Waals surface area contributed by atoms with Crippen LogP contribution in [0, 0.1) is 6.92 Å². The van der Waals surface area contributed by atoms with Gasteiger partial charge in [0, 0.05) is 10.0 Å². The minimum atomic E-state index is -0.886. The maximum Gasteiger partial charge on any atom is 0.313 e. The van der Waals surface area contributed by atoms with Crippen molar-refractivity contribution < 1.29 is 9.90 Å². The van der Waals surface area contributed by atoms with Gasteiger partial charge in [-0.1, -0.05) is 39.3 Å². The van der Waals surface area contributed by atoms with Gasteiger partial charge >= 0.3 is 5.97 Å². The normalized spacial score (nSPS) is 10.6. The fraction of sp³-hybridized carbons (Fsp3) is 0.182. The Bertz CT molecular complexity index is 585. The van der Waals surface area contributed by atoms with Crippen LogP contribution in [0.15, 0.2) is 27.8 Å². The first-order valence-electron chi connectivity index (χ1n) is 5.10.